The molecule has 0 aliphatic carbocycles. The second kappa shape index (κ2) is 6.22. The van der Waals surface area contributed by atoms with Crippen molar-refractivity contribution in [2.24, 2.45) is 5.92 Å². The number of hydrogen-bond acceptors (Lipinski definition) is 2. The molecule has 0 aromatic carbocycles. The smallest absolute Gasteiger partial charge is 0.329 e. The van der Waals surface area contributed by atoms with Crippen molar-refractivity contribution >= 4 is 11.9 Å². The van der Waals surface area contributed by atoms with Gasteiger partial charge in [-0.2, -0.15) is 0 Å². The number of rotatable bonds is 5. The zero-order valence-corrected chi connectivity index (χ0v) is 7.91. The van der Waals surface area contributed by atoms with Crippen LogP contribution in [-0.2, 0) is 9.59 Å². The summed E-state index contributed by atoms with van der Waals surface area (Å²) in [5.74, 6) is -0.881. The molecule has 0 aliphatic heterocycles. The summed E-state index contributed by atoms with van der Waals surface area (Å²) in [5, 5.41) is 10.6. The average Bonchev–Trinajstić information content (AvgIpc) is 2.03. The highest BCUT2D eigenvalue weighted by Crippen LogP contribution is 2.05. The van der Waals surface area contributed by atoms with Crippen molar-refractivity contribution < 1.29 is 14.7 Å². The lowest BCUT2D eigenvalue weighted by Gasteiger charge is -2.05. The van der Waals surface area contributed by atoms with Gasteiger partial charge in [0.1, 0.15) is 0 Å². The molecule has 0 fully saturated rings. The Morgan fingerprint density at radius 3 is 2.62 bits per heavy atom. The van der Waals surface area contributed by atoms with Gasteiger partial charge in [-0.15, -0.1) is 0 Å². The monoisotopic (exact) mass is 185 g/mol. The molecule has 0 heterocycles. The molecule has 4 heteroatoms. The van der Waals surface area contributed by atoms with Crippen LogP contribution in [0.1, 0.15) is 26.7 Å². The van der Waals surface area contributed by atoms with Crippen LogP contribution in [0, 0.1) is 5.92 Å². The van der Waals surface area contributed by atoms with Gasteiger partial charge in [0, 0.05) is 18.7 Å². The van der Waals surface area contributed by atoms with Gasteiger partial charge in [-0.25, -0.2) is 4.79 Å². The van der Waals surface area contributed by atoms with Gasteiger partial charge in [-0.3, -0.25) is 4.79 Å². The molecule has 0 aromatic heterocycles. The second-order valence-electron chi connectivity index (χ2n) is 2.96. The summed E-state index contributed by atoms with van der Waals surface area (Å²) in [7, 11) is 0. The average molecular weight is 185 g/mol. The van der Waals surface area contributed by atoms with E-state index < -0.39 is 5.97 Å². The highest BCUT2D eigenvalue weighted by Gasteiger charge is 2.04. The van der Waals surface area contributed by atoms with E-state index in [0.29, 0.717) is 12.3 Å². The van der Waals surface area contributed by atoms with E-state index in [2.05, 4.69) is 5.32 Å². The van der Waals surface area contributed by atoms with Crippen molar-refractivity contribution in [3.8, 4) is 0 Å². The van der Waals surface area contributed by atoms with Crippen LogP contribution in [0.15, 0.2) is 12.3 Å². The third kappa shape index (κ3) is 7.05. The SMILES string of the molecule is CCC(C)CC(=O)N/C=C\C(=O)O. The number of amides is 1. The molecule has 1 unspecified atom stereocenters. The fourth-order valence-electron chi connectivity index (χ4n) is 0.726. The Morgan fingerprint density at radius 2 is 2.15 bits per heavy atom. The maximum absolute atomic E-state index is 11.0. The molecule has 0 aromatic rings. The number of aliphatic carboxylic acids is 1. The summed E-state index contributed by atoms with van der Waals surface area (Å²) in [6, 6.07) is 0. The van der Waals surface area contributed by atoms with Crippen LogP contribution >= 0.6 is 0 Å². The van der Waals surface area contributed by atoms with Gasteiger partial charge < -0.3 is 10.4 Å². The summed E-state index contributed by atoms with van der Waals surface area (Å²) in [5.41, 5.74) is 0. The van der Waals surface area contributed by atoms with E-state index in [9.17, 15) is 9.59 Å². The first-order valence-corrected chi connectivity index (χ1v) is 4.25. The Bertz CT molecular complexity index is 211. The Labute approximate surface area is 77.6 Å². The third-order valence-electron chi connectivity index (χ3n) is 1.70. The molecule has 13 heavy (non-hydrogen) atoms. The van der Waals surface area contributed by atoms with Crippen molar-refractivity contribution in [1.29, 1.82) is 0 Å². The van der Waals surface area contributed by atoms with Crippen LogP contribution in [0.5, 0.6) is 0 Å². The Morgan fingerprint density at radius 1 is 1.54 bits per heavy atom. The molecular formula is C9H15NO3. The molecule has 0 radical (unpaired) electrons. The predicted molar refractivity (Wildman–Crippen MR) is 49.0 cm³/mol. The highest BCUT2D eigenvalue weighted by molar-refractivity contribution is 5.82. The van der Waals surface area contributed by atoms with Gasteiger partial charge in [0.15, 0.2) is 0 Å². The lowest BCUT2D eigenvalue weighted by molar-refractivity contribution is -0.131. The van der Waals surface area contributed by atoms with E-state index in [1.54, 1.807) is 0 Å². The molecule has 0 spiro atoms. The number of nitrogens with one attached hydrogen (secondary N) is 1. The minimum Gasteiger partial charge on any atom is -0.478 e. The standard InChI is InChI=1S/C9H15NO3/c1-3-7(2)6-8(11)10-5-4-9(12)13/h4-5,7H,3,6H2,1-2H3,(H,10,11)(H,12,13)/b5-4-. The van der Waals surface area contributed by atoms with E-state index in [1.807, 2.05) is 13.8 Å². The summed E-state index contributed by atoms with van der Waals surface area (Å²) in [4.78, 5) is 21.1. The van der Waals surface area contributed by atoms with Crippen LogP contribution in [0.3, 0.4) is 0 Å². The third-order valence-corrected chi connectivity index (χ3v) is 1.70. The van der Waals surface area contributed by atoms with Gasteiger partial charge in [-0.1, -0.05) is 20.3 Å². The van der Waals surface area contributed by atoms with Crippen LogP contribution in [-0.4, -0.2) is 17.0 Å². The van der Waals surface area contributed by atoms with E-state index in [-0.39, 0.29) is 5.91 Å². The zero-order chi connectivity index (χ0) is 10.3. The maximum Gasteiger partial charge on any atom is 0.329 e. The van der Waals surface area contributed by atoms with Gasteiger partial charge in [0.05, 0.1) is 0 Å². The van der Waals surface area contributed by atoms with Crippen LogP contribution in [0.4, 0.5) is 0 Å². The number of carboxylic acids is 1. The van der Waals surface area contributed by atoms with E-state index in [1.165, 1.54) is 0 Å². The largest absolute Gasteiger partial charge is 0.478 e. The van der Waals surface area contributed by atoms with Gasteiger partial charge in [0.25, 0.3) is 0 Å². The molecule has 0 saturated heterocycles. The lowest BCUT2D eigenvalue weighted by atomic mass is 10.1. The molecule has 1 atom stereocenters. The Kier molecular flexibility index (Phi) is 5.59. The van der Waals surface area contributed by atoms with Gasteiger partial charge >= 0.3 is 5.97 Å². The minimum atomic E-state index is -1.07. The lowest BCUT2D eigenvalue weighted by Crippen LogP contribution is -2.19. The van der Waals surface area contributed by atoms with Crippen molar-refractivity contribution in [3.05, 3.63) is 12.3 Å². The van der Waals surface area contributed by atoms with Crippen molar-refractivity contribution in [2.75, 3.05) is 0 Å². The first kappa shape index (κ1) is 11.7. The molecule has 0 aliphatic rings. The summed E-state index contributed by atoms with van der Waals surface area (Å²) >= 11 is 0. The molecule has 1 amide bonds. The Hall–Kier alpha value is -1.32. The molecule has 74 valence electrons. The summed E-state index contributed by atoms with van der Waals surface area (Å²) < 4.78 is 0. The molecule has 0 bridgehead atoms. The van der Waals surface area contributed by atoms with E-state index in [0.717, 1.165) is 18.7 Å². The maximum atomic E-state index is 11.0. The normalized spacial score (nSPS) is 12.8. The molecule has 0 rings (SSSR count). The first-order chi connectivity index (χ1) is 6.06. The molecule has 0 saturated carbocycles. The van der Waals surface area contributed by atoms with E-state index >= 15 is 0 Å². The fraction of sp³-hybridized carbons (Fsp3) is 0.556. The summed E-state index contributed by atoms with van der Waals surface area (Å²) in [6.45, 7) is 3.98. The van der Waals surface area contributed by atoms with Crippen LogP contribution in [0.25, 0.3) is 0 Å². The fourth-order valence-corrected chi connectivity index (χ4v) is 0.726. The number of carbonyl (C=O) groups is 2. The van der Waals surface area contributed by atoms with Crippen LogP contribution < -0.4 is 5.32 Å². The number of carbonyl (C=O) groups excluding carboxylic acids is 1. The Balaban J connectivity index is 3.69. The molecule has 2 N–H and O–H groups in total. The predicted octanol–water partition coefficient (Wildman–Crippen LogP) is 1.14. The molecule has 4 nitrogen and oxygen atoms in total. The highest BCUT2D eigenvalue weighted by atomic mass is 16.4. The summed E-state index contributed by atoms with van der Waals surface area (Å²) in [6.07, 6.45) is 3.41. The number of hydrogen-bond donors (Lipinski definition) is 2. The van der Waals surface area contributed by atoms with Crippen molar-refractivity contribution in [3.63, 3.8) is 0 Å². The minimum absolute atomic E-state index is 0.146. The quantitative estimate of drug-likeness (QED) is 0.631. The topological polar surface area (TPSA) is 66.4 Å². The number of carboxylic acid groups (broad SMARTS) is 1. The molecular weight excluding hydrogens is 170 g/mol. The van der Waals surface area contributed by atoms with Gasteiger partial charge in [0.2, 0.25) is 5.91 Å². The zero-order valence-electron chi connectivity index (χ0n) is 7.91. The van der Waals surface area contributed by atoms with E-state index in [4.69, 9.17) is 5.11 Å². The van der Waals surface area contributed by atoms with Crippen molar-refractivity contribution in [1.82, 2.24) is 5.32 Å². The van der Waals surface area contributed by atoms with Crippen molar-refractivity contribution in [2.45, 2.75) is 26.7 Å². The first-order valence-electron chi connectivity index (χ1n) is 4.25. The van der Waals surface area contributed by atoms with Crippen LogP contribution in [0.2, 0.25) is 0 Å². The second-order valence-corrected chi connectivity index (χ2v) is 2.96. The van der Waals surface area contributed by atoms with Gasteiger partial charge in [-0.05, 0) is 5.92 Å².